The van der Waals surface area contributed by atoms with Gasteiger partial charge in [-0.3, -0.25) is 4.98 Å². The summed E-state index contributed by atoms with van der Waals surface area (Å²) in [4.78, 5) is 4.33. The number of pyridine rings is 1. The lowest BCUT2D eigenvalue weighted by atomic mass is 10.0. The van der Waals surface area contributed by atoms with Crippen LogP contribution >= 0.6 is 0 Å². The first kappa shape index (κ1) is 9.71. The lowest BCUT2D eigenvalue weighted by Crippen LogP contribution is -1.95. The molecular formula is C13H14N2. The van der Waals surface area contributed by atoms with Crippen molar-refractivity contribution in [3.8, 4) is 11.3 Å². The SMILES string of the molecule is CCc1ccccc1-c1ncccc1N. The minimum absolute atomic E-state index is 0.735. The van der Waals surface area contributed by atoms with Crippen molar-refractivity contribution in [2.24, 2.45) is 0 Å². The van der Waals surface area contributed by atoms with Crippen LogP contribution in [-0.2, 0) is 6.42 Å². The third-order valence-electron chi connectivity index (χ3n) is 2.49. The lowest BCUT2D eigenvalue weighted by Gasteiger charge is -2.08. The number of hydrogen-bond acceptors (Lipinski definition) is 2. The van der Waals surface area contributed by atoms with Gasteiger partial charge in [0.15, 0.2) is 0 Å². The van der Waals surface area contributed by atoms with Crippen molar-refractivity contribution >= 4 is 5.69 Å². The molecule has 0 radical (unpaired) electrons. The van der Waals surface area contributed by atoms with Gasteiger partial charge in [0.25, 0.3) is 0 Å². The van der Waals surface area contributed by atoms with E-state index in [-0.39, 0.29) is 0 Å². The molecule has 0 aliphatic heterocycles. The molecule has 2 heteroatoms. The second-order valence-corrected chi connectivity index (χ2v) is 3.45. The number of rotatable bonds is 2. The normalized spacial score (nSPS) is 10.2. The molecule has 0 fully saturated rings. The number of aromatic nitrogens is 1. The Morgan fingerprint density at radius 1 is 1.13 bits per heavy atom. The van der Waals surface area contributed by atoms with Crippen LogP contribution in [0.5, 0.6) is 0 Å². The zero-order chi connectivity index (χ0) is 10.7. The van der Waals surface area contributed by atoms with E-state index >= 15 is 0 Å². The fraction of sp³-hybridized carbons (Fsp3) is 0.154. The lowest BCUT2D eigenvalue weighted by molar-refractivity contribution is 1.13. The summed E-state index contributed by atoms with van der Waals surface area (Å²) in [7, 11) is 0. The second kappa shape index (κ2) is 4.13. The number of aryl methyl sites for hydroxylation is 1. The standard InChI is InChI=1S/C13H14N2/c1-2-10-6-3-4-7-11(10)13-12(14)8-5-9-15-13/h3-9H,2,14H2,1H3. The highest BCUT2D eigenvalue weighted by molar-refractivity contribution is 5.74. The fourth-order valence-electron chi connectivity index (χ4n) is 1.70. The molecule has 0 atom stereocenters. The van der Waals surface area contributed by atoms with Crippen molar-refractivity contribution in [2.45, 2.75) is 13.3 Å². The number of hydrogen-bond donors (Lipinski definition) is 1. The molecule has 2 nitrogen and oxygen atoms in total. The van der Waals surface area contributed by atoms with Crippen molar-refractivity contribution in [3.63, 3.8) is 0 Å². The Morgan fingerprint density at radius 2 is 1.93 bits per heavy atom. The molecule has 15 heavy (non-hydrogen) atoms. The van der Waals surface area contributed by atoms with Gasteiger partial charge in [-0.15, -0.1) is 0 Å². The van der Waals surface area contributed by atoms with Gasteiger partial charge in [-0.2, -0.15) is 0 Å². The zero-order valence-corrected chi connectivity index (χ0v) is 8.77. The van der Waals surface area contributed by atoms with E-state index in [1.807, 2.05) is 24.3 Å². The molecule has 0 unspecified atom stereocenters. The van der Waals surface area contributed by atoms with Crippen LogP contribution in [0.1, 0.15) is 12.5 Å². The minimum Gasteiger partial charge on any atom is -0.397 e. The molecule has 0 saturated heterocycles. The van der Waals surface area contributed by atoms with Gasteiger partial charge in [-0.25, -0.2) is 0 Å². The number of benzene rings is 1. The van der Waals surface area contributed by atoms with Crippen LogP contribution in [0.15, 0.2) is 42.6 Å². The van der Waals surface area contributed by atoms with Crippen LogP contribution in [0.2, 0.25) is 0 Å². The van der Waals surface area contributed by atoms with Crippen LogP contribution < -0.4 is 5.73 Å². The molecule has 0 amide bonds. The van der Waals surface area contributed by atoms with Gasteiger partial charge in [0.2, 0.25) is 0 Å². The molecule has 0 aliphatic rings. The van der Waals surface area contributed by atoms with Crippen LogP contribution in [0.4, 0.5) is 5.69 Å². The van der Waals surface area contributed by atoms with E-state index in [2.05, 4.69) is 24.0 Å². The predicted octanol–water partition coefficient (Wildman–Crippen LogP) is 2.89. The maximum absolute atomic E-state index is 5.91. The molecule has 1 heterocycles. The molecule has 0 saturated carbocycles. The Morgan fingerprint density at radius 3 is 2.67 bits per heavy atom. The molecule has 1 aromatic heterocycles. The Hall–Kier alpha value is -1.83. The first-order valence-electron chi connectivity index (χ1n) is 5.11. The Balaban J connectivity index is 2.59. The van der Waals surface area contributed by atoms with Crippen LogP contribution in [0.3, 0.4) is 0 Å². The summed E-state index contributed by atoms with van der Waals surface area (Å²) in [6.45, 7) is 2.14. The molecule has 2 rings (SSSR count). The van der Waals surface area contributed by atoms with Crippen molar-refractivity contribution in [1.29, 1.82) is 0 Å². The van der Waals surface area contributed by atoms with Gasteiger partial charge >= 0.3 is 0 Å². The molecule has 0 spiro atoms. The third-order valence-corrected chi connectivity index (χ3v) is 2.49. The Kier molecular flexibility index (Phi) is 2.68. The van der Waals surface area contributed by atoms with Crippen molar-refractivity contribution in [3.05, 3.63) is 48.2 Å². The van der Waals surface area contributed by atoms with E-state index in [0.717, 1.165) is 23.4 Å². The van der Waals surface area contributed by atoms with Crippen LogP contribution in [0.25, 0.3) is 11.3 Å². The molecule has 0 aliphatic carbocycles. The zero-order valence-electron chi connectivity index (χ0n) is 8.77. The van der Waals surface area contributed by atoms with Crippen molar-refractivity contribution < 1.29 is 0 Å². The number of nitrogen functional groups attached to an aromatic ring is 1. The summed E-state index contributed by atoms with van der Waals surface area (Å²) in [5.41, 5.74) is 9.95. The quantitative estimate of drug-likeness (QED) is 0.805. The highest BCUT2D eigenvalue weighted by Crippen LogP contribution is 2.26. The third kappa shape index (κ3) is 1.84. The van der Waals surface area contributed by atoms with Gasteiger partial charge in [0.05, 0.1) is 11.4 Å². The maximum Gasteiger partial charge on any atom is 0.0933 e. The predicted molar refractivity (Wildman–Crippen MR) is 63.5 cm³/mol. The summed E-state index contributed by atoms with van der Waals surface area (Å²) >= 11 is 0. The second-order valence-electron chi connectivity index (χ2n) is 3.45. The fourth-order valence-corrected chi connectivity index (χ4v) is 1.70. The maximum atomic E-state index is 5.91. The van der Waals surface area contributed by atoms with E-state index in [1.54, 1.807) is 6.20 Å². The summed E-state index contributed by atoms with van der Waals surface area (Å²) in [6, 6.07) is 12.0. The summed E-state index contributed by atoms with van der Waals surface area (Å²) in [6.07, 6.45) is 2.77. The molecule has 2 aromatic rings. The number of anilines is 1. The molecular weight excluding hydrogens is 184 g/mol. The van der Waals surface area contributed by atoms with E-state index in [0.29, 0.717) is 0 Å². The topological polar surface area (TPSA) is 38.9 Å². The largest absolute Gasteiger partial charge is 0.397 e. The summed E-state index contributed by atoms with van der Waals surface area (Å²) < 4.78 is 0. The minimum atomic E-state index is 0.735. The van der Waals surface area contributed by atoms with Crippen LogP contribution in [0, 0.1) is 0 Å². The Labute approximate surface area is 89.8 Å². The van der Waals surface area contributed by atoms with E-state index in [9.17, 15) is 0 Å². The van der Waals surface area contributed by atoms with Gasteiger partial charge in [0, 0.05) is 11.8 Å². The van der Waals surface area contributed by atoms with Gasteiger partial charge in [0.1, 0.15) is 0 Å². The smallest absolute Gasteiger partial charge is 0.0933 e. The summed E-state index contributed by atoms with van der Waals surface area (Å²) in [5, 5.41) is 0. The van der Waals surface area contributed by atoms with Crippen molar-refractivity contribution in [2.75, 3.05) is 5.73 Å². The highest BCUT2D eigenvalue weighted by atomic mass is 14.7. The summed E-state index contributed by atoms with van der Waals surface area (Å²) in [5.74, 6) is 0. The number of nitrogens with zero attached hydrogens (tertiary/aromatic N) is 1. The first-order valence-corrected chi connectivity index (χ1v) is 5.11. The molecule has 2 N–H and O–H groups in total. The monoisotopic (exact) mass is 198 g/mol. The van der Waals surface area contributed by atoms with Gasteiger partial charge in [-0.1, -0.05) is 31.2 Å². The van der Waals surface area contributed by atoms with E-state index in [4.69, 9.17) is 5.73 Å². The van der Waals surface area contributed by atoms with Crippen LogP contribution in [-0.4, -0.2) is 4.98 Å². The van der Waals surface area contributed by atoms with E-state index < -0.39 is 0 Å². The average Bonchev–Trinajstić information content (AvgIpc) is 2.30. The molecule has 0 bridgehead atoms. The molecule has 1 aromatic carbocycles. The Bertz CT molecular complexity index is 464. The van der Waals surface area contributed by atoms with E-state index in [1.165, 1.54) is 5.56 Å². The highest BCUT2D eigenvalue weighted by Gasteiger charge is 2.06. The first-order chi connectivity index (χ1) is 7.33. The van der Waals surface area contributed by atoms with Gasteiger partial charge < -0.3 is 5.73 Å². The number of nitrogens with two attached hydrogens (primary N) is 1. The average molecular weight is 198 g/mol. The van der Waals surface area contributed by atoms with Crippen molar-refractivity contribution in [1.82, 2.24) is 4.98 Å². The molecule has 76 valence electrons. The van der Waals surface area contributed by atoms with Gasteiger partial charge in [-0.05, 0) is 24.1 Å².